The first kappa shape index (κ1) is 60.5. The van der Waals surface area contributed by atoms with Crippen LogP contribution in [0.5, 0.6) is 0 Å². The van der Waals surface area contributed by atoms with Gasteiger partial charge in [0, 0.05) is 7.11 Å². The van der Waals surface area contributed by atoms with Crippen molar-refractivity contribution in [2.45, 2.75) is 21.8 Å². The van der Waals surface area contributed by atoms with E-state index < -0.39 is 6.86 Å². The summed E-state index contributed by atoms with van der Waals surface area (Å²) >= 11 is 0. The molecule has 0 amide bonds. The van der Waals surface area contributed by atoms with Gasteiger partial charge < -0.3 is 10.2 Å². The zero-order valence-electron chi connectivity index (χ0n) is 7.15. The van der Waals surface area contributed by atoms with Crippen molar-refractivity contribution in [3.63, 3.8) is 0 Å². The Bertz CT molecular complexity index is 23.7. The first-order valence-corrected chi connectivity index (χ1v) is 2.38. The van der Waals surface area contributed by atoms with Crippen LogP contribution in [0.3, 0.4) is 0 Å². The maximum atomic E-state index is 10.3. The molecule has 0 aromatic carbocycles. The molecule has 86 valence electrons. The number of aliphatic hydroxyl groups excluding tert-OH is 2. The van der Waals surface area contributed by atoms with E-state index in [1.54, 1.807) is 0 Å². The van der Waals surface area contributed by atoms with Crippen LogP contribution in [0, 0.1) is 0 Å². The number of hydrogen-bond donors (Lipinski definition) is 2. The van der Waals surface area contributed by atoms with Gasteiger partial charge in [0.05, 0.1) is 13.9 Å². The van der Waals surface area contributed by atoms with Gasteiger partial charge in [-0.15, -0.1) is 0 Å². The Balaban J connectivity index is -0.00000000698. The van der Waals surface area contributed by atoms with Crippen LogP contribution in [0.15, 0.2) is 0 Å². The molecule has 0 spiro atoms. The van der Waals surface area contributed by atoms with Crippen LogP contribution in [-0.4, -0.2) is 38.0 Å². The molecule has 0 radical (unpaired) electrons. The van der Waals surface area contributed by atoms with Gasteiger partial charge in [-0.25, -0.2) is 4.39 Å². The number of alkyl halides is 3. The summed E-state index contributed by atoms with van der Waals surface area (Å²) in [7, 11) is 1.50. The van der Waals surface area contributed by atoms with E-state index in [-0.39, 0.29) is 21.5 Å². The zero-order chi connectivity index (χ0) is 9.41. The van der Waals surface area contributed by atoms with Crippen LogP contribution < -0.4 is 0 Å². The monoisotopic (exact) mass is 463 g/mol. The molecule has 0 aromatic rings. The molecule has 0 fully saturated rings. The molecule has 6 heteroatoms. The van der Waals surface area contributed by atoms with Crippen LogP contribution in [0.25, 0.3) is 0 Å². The molecular weight excluding hydrogens is 440 g/mol. The SMILES string of the molecule is C.C.CCF.CF.CO.OCF.[Rf]. The Morgan fingerprint density at radius 2 is 1.00 bits per heavy atom. The van der Waals surface area contributed by atoms with Crippen LogP contribution in [0.2, 0.25) is 0 Å². The molecule has 0 unspecified atom stereocenters. The van der Waals surface area contributed by atoms with Crippen LogP contribution >= 0.6 is 0 Å². The minimum atomic E-state index is -1.25. The summed E-state index contributed by atoms with van der Waals surface area (Å²) in [6.07, 6.45) is 0. The van der Waals surface area contributed by atoms with Crippen molar-refractivity contribution < 1.29 is 23.4 Å². The van der Waals surface area contributed by atoms with Crippen molar-refractivity contribution in [3.8, 4) is 0 Å². The first-order chi connectivity index (χ1) is 4.83. The van der Waals surface area contributed by atoms with E-state index in [0.717, 1.165) is 7.11 Å². The molecule has 2 nitrogen and oxygen atoms in total. The van der Waals surface area contributed by atoms with E-state index in [9.17, 15) is 13.2 Å². The van der Waals surface area contributed by atoms with Gasteiger partial charge in [-0.1, -0.05) is 14.9 Å². The molecule has 0 saturated carbocycles. The van der Waals surface area contributed by atoms with Gasteiger partial charge in [-0.3, -0.25) is 8.78 Å². The average Bonchev–Trinajstić information content (AvgIpc) is 1.99. The third kappa shape index (κ3) is 488. The largest absolute Gasteiger partial charge is 0.400 e. The fourth-order valence-corrected chi connectivity index (χ4v) is 0. The standard InChI is InChI=1S/C2H5F.CH3FO.CH3F.CH4O.2CH4.Rf/c1-2-3;2-1-3;2*1-2;;;/h2H2,1H3;3H,1H2;1H3;2H,1H3;2*1H4;. The molecule has 0 aliphatic carbocycles. The molecule has 0 aliphatic heterocycles. The number of aliphatic hydroxyl groups is 2. The molecule has 0 bridgehead atoms. The smallest absolute Gasteiger partial charge is 0.185 e. The van der Waals surface area contributed by atoms with E-state index in [1.165, 1.54) is 6.92 Å². The normalized spacial score (nSPS) is 3.69. The first-order valence-electron chi connectivity index (χ1n) is 2.38. The summed E-state index contributed by atoms with van der Waals surface area (Å²) in [5.41, 5.74) is 0. The molecule has 0 heterocycles. The maximum absolute atomic E-state index is 10.3. The van der Waals surface area contributed by atoms with Crippen molar-refractivity contribution in [2.24, 2.45) is 0 Å². The fraction of sp³-hybridized carbons (Fsp3) is 1.00. The Morgan fingerprint density at radius 1 is 1.00 bits per heavy atom. The second-order valence-electron chi connectivity index (χ2n) is 0.387. The fourth-order valence-electron chi connectivity index (χ4n) is 0. The molecule has 0 aromatic heterocycles. The predicted molar refractivity (Wildman–Crippen MR) is 48.5 cm³/mol. The van der Waals surface area contributed by atoms with Crippen LogP contribution in [-0.2, 0) is 0 Å². The average molecular weight is 463 g/mol. The topological polar surface area (TPSA) is 40.5 Å². The molecule has 0 saturated heterocycles. The third-order valence-corrected chi connectivity index (χ3v) is 0. The number of halogens is 3. The molecule has 0 rings (SSSR count). The second-order valence-corrected chi connectivity index (χ2v) is 0.387. The van der Waals surface area contributed by atoms with Gasteiger partial charge in [0.1, 0.15) is 0 Å². The second kappa shape index (κ2) is 2000. The quantitative estimate of drug-likeness (QED) is 0.580. The van der Waals surface area contributed by atoms with Crippen LogP contribution in [0.4, 0.5) is 13.2 Å². The summed E-state index contributed by atoms with van der Waals surface area (Å²) in [5, 5.41) is 13.9. The van der Waals surface area contributed by atoms with Crippen molar-refractivity contribution in [2.75, 3.05) is 27.8 Å². The predicted octanol–water partition coefficient (Wildman–Crippen LogP) is 2.35. The number of hydrogen-bond acceptors (Lipinski definition) is 2. The Labute approximate surface area is 74.0 Å². The van der Waals surface area contributed by atoms with E-state index in [4.69, 9.17) is 10.2 Å². The summed E-state index contributed by atoms with van der Waals surface area (Å²) in [4.78, 5) is 0. The number of rotatable bonds is 0. The molecular formula is C7H23F3O2Rf. The summed E-state index contributed by atoms with van der Waals surface area (Å²) in [5.74, 6) is 0. The van der Waals surface area contributed by atoms with Gasteiger partial charge in [-0.2, -0.15) is 0 Å². The Kier molecular flexibility index (Phi) is 9330. The van der Waals surface area contributed by atoms with Gasteiger partial charge in [0.15, 0.2) is 6.86 Å². The summed E-state index contributed by atoms with van der Waals surface area (Å²) < 4.78 is 29.6. The molecule has 0 aliphatic rings. The van der Waals surface area contributed by atoms with E-state index in [1.807, 2.05) is 0 Å². The Morgan fingerprint density at radius 3 is 1.00 bits per heavy atom. The molecule has 13 heavy (non-hydrogen) atoms. The van der Waals surface area contributed by atoms with E-state index in [0.29, 0.717) is 7.18 Å². The Hall–Kier alpha value is -1.29. The van der Waals surface area contributed by atoms with Gasteiger partial charge in [-0.05, 0) is 6.92 Å². The van der Waals surface area contributed by atoms with Crippen molar-refractivity contribution in [1.29, 1.82) is 0 Å². The van der Waals surface area contributed by atoms with Gasteiger partial charge in [0.2, 0.25) is 0 Å². The molecule has 2 N–H and O–H groups in total. The third-order valence-electron chi connectivity index (χ3n) is 0. The zero-order valence-corrected chi connectivity index (χ0v) is 13.5. The minimum absolute atomic E-state index is 0. The van der Waals surface area contributed by atoms with E-state index >= 15 is 0 Å². The maximum Gasteiger partial charge on any atom is 0.185 e. The van der Waals surface area contributed by atoms with Crippen LogP contribution in [0.1, 0.15) is 21.8 Å². The minimum Gasteiger partial charge on any atom is -0.400 e. The van der Waals surface area contributed by atoms with Crippen molar-refractivity contribution in [3.05, 3.63) is 0 Å². The molecule has 0 atom stereocenters. The van der Waals surface area contributed by atoms with Crippen molar-refractivity contribution in [1.82, 2.24) is 0 Å². The summed E-state index contributed by atoms with van der Waals surface area (Å²) in [6.45, 7) is -0.0417. The van der Waals surface area contributed by atoms with Crippen molar-refractivity contribution >= 4 is 0 Å². The van der Waals surface area contributed by atoms with Gasteiger partial charge in [0.25, 0.3) is 0 Å². The van der Waals surface area contributed by atoms with E-state index in [2.05, 4.69) is 0 Å². The van der Waals surface area contributed by atoms with Gasteiger partial charge >= 0.3 is 0 Å². The summed E-state index contributed by atoms with van der Waals surface area (Å²) in [6, 6.07) is 0.